The van der Waals surface area contributed by atoms with Crippen LogP contribution in [0.25, 0.3) is 0 Å². The molecule has 0 unspecified atom stereocenters. The van der Waals surface area contributed by atoms with Gasteiger partial charge < -0.3 is 10.1 Å². The fourth-order valence-electron chi connectivity index (χ4n) is 1.90. The summed E-state index contributed by atoms with van der Waals surface area (Å²) < 4.78 is 5.16. The van der Waals surface area contributed by atoms with Gasteiger partial charge in [0.25, 0.3) is 0 Å². The zero-order valence-corrected chi connectivity index (χ0v) is 11.8. The first-order valence-corrected chi connectivity index (χ1v) is 6.68. The minimum absolute atomic E-state index is 0.0398. The molecule has 2 N–H and O–H groups in total. The molecular weight excluding hydrogens is 254 g/mol. The average Bonchev–Trinajstić information content (AvgIpc) is 2.93. The Kier molecular flexibility index (Phi) is 4.76. The van der Waals surface area contributed by atoms with Gasteiger partial charge in [-0.05, 0) is 30.5 Å². The Bertz CT molecular complexity index is 578. The molecule has 20 heavy (non-hydrogen) atoms. The van der Waals surface area contributed by atoms with E-state index in [0.29, 0.717) is 18.7 Å². The van der Waals surface area contributed by atoms with Crippen LogP contribution in [0.5, 0.6) is 5.75 Å². The molecule has 0 spiro atoms. The molecule has 1 heterocycles. The zero-order chi connectivity index (χ0) is 14.4. The molecule has 0 atom stereocenters. The lowest BCUT2D eigenvalue weighted by Crippen LogP contribution is -2.12. The van der Waals surface area contributed by atoms with Crippen LogP contribution in [0.4, 0.5) is 5.82 Å². The molecule has 1 amide bonds. The Balaban J connectivity index is 1.85. The summed E-state index contributed by atoms with van der Waals surface area (Å²) in [6, 6.07) is 9.59. The normalized spacial score (nSPS) is 10.3. The maximum Gasteiger partial charge on any atom is 0.225 e. The van der Waals surface area contributed by atoms with E-state index < -0.39 is 0 Å². The lowest BCUT2D eigenvalue weighted by atomic mass is 10.1. The second-order valence-corrected chi connectivity index (χ2v) is 4.53. The number of rotatable bonds is 6. The third kappa shape index (κ3) is 3.85. The third-order valence-electron chi connectivity index (χ3n) is 3.05. The van der Waals surface area contributed by atoms with Crippen LogP contribution in [0.3, 0.4) is 0 Å². The quantitative estimate of drug-likeness (QED) is 0.850. The number of nitrogens with zero attached hydrogens (tertiary/aromatic N) is 1. The van der Waals surface area contributed by atoms with Gasteiger partial charge in [0.05, 0.1) is 7.11 Å². The summed E-state index contributed by atoms with van der Waals surface area (Å²) >= 11 is 0. The maximum atomic E-state index is 11.8. The number of ether oxygens (including phenoxy) is 1. The molecule has 5 heteroatoms. The molecule has 0 aliphatic carbocycles. The van der Waals surface area contributed by atoms with Crippen LogP contribution in [-0.2, 0) is 17.6 Å². The van der Waals surface area contributed by atoms with E-state index in [1.807, 2.05) is 37.3 Å². The molecule has 0 radical (unpaired) electrons. The van der Waals surface area contributed by atoms with Crippen molar-refractivity contribution in [2.45, 2.75) is 26.2 Å². The van der Waals surface area contributed by atoms with Crippen LogP contribution >= 0.6 is 0 Å². The number of amides is 1. The van der Waals surface area contributed by atoms with Crippen molar-refractivity contribution in [3.05, 3.63) is 41.6 Å². The van der Waals surface area contributed by atoms with Crippen molar-refractivity contribution in [1.29, 1.82) is 0 Å². The van der Waals surface area contributed by atoms with Crippen molar-refractivity contribution in [3.63, 3.8) is 0 Å². The Labute approximate surface area is 118 Å². The molecule has 0 saturated carbocycles. The van der Waals surface area contributed by atoms with Crippen LogP contribution in [0.2, 0.25) is 0 Å². The van der Waals surface area contributed by atoms with E-state index >= 15 is 0 Å². The second-order valence-electron chi connectivity index (χ2n) is 4.53. The molecule has 0 aliphatic rings. The first-order chi connectivity index (χ1) is 9.71. The van der Waals surface area contributed by atoms with Crippen molar-refractivity contribution in [3.8, 4) is 5.75 Å². The minimum Gasteiger partial charge on any atom is -0.497 e. The standard InChI is InChI=1S/C15H19N3O2/c1-3-12-10-14(18-17-12)16-15(19)8-7-11-5-4-6-13(9-11)20-2/h4-6,9-10H,3,7-8H2,1-2H3,(H2,16,17,18,19). The predicted octanol–water partition coefficient (Wildman–Crippen LogP) is 2.55. The number of nitrogens with one attached hydrogen (secondary N) is 2. The SMILES string of the molecule is CCc1cc(NC(=O)CCc2cccc(OC)c2)n[nH]1. The van der Waals surface area contributed by atoms with Gasteiger partial charge in [0.2, 0.25) is 5.91 Å². The minimum atomic E-state index is -0.0398. The zero-order valence-electron chi connectivity index (χ0n) is 11.8. The van der Waals surface area contributed by atoms with Crippen LogP contribution in [0, 0.1) is 0 Å². The highest BCUT2D eigenvalue weighted by atomic mass is 16.5. The number of aromatic amines is 1. The maximum absolute atomic E-state index is 11.8. The average molecular weight is 273 g/mol. The van der Waals surface area contributed by atoms with Crippen molar-refractivity contribution in [1.82, 2.24) is 10.2 Å². The second kappa shape index (κ2) is 6.75. The number of carbonyl (C=O) groups excluding carboxylic acids is 1. The van der Waals surface area contributed by atoms with Gasteiger partial charge in [-0.25, -0.2) is 0 Å². The Hall–Kier alpha value is -2.30. The van der Waals surface area contributed by atoms with Gasteiger partial charge in [-0.15, -0.1) is 0 Å². The van der Waals surface area contributed by atoms with Crippen molar-refractivity contribution < 1.29 is 9.53 Å². The van der Waals surface area contributed by atoms with Gasteiger partial charge in [-0.1, -0.05) is 19.1 Å². The number of methoxy groups -OCH3 is 1. The highest BCUT2D eigenvalue weighted by Crippen LogP contribution is 2.14. The van der Waals surface area contributed by atoms with Gasteiger partial charge in [0.15, 0.2) is 5.82 Å². The molecule has 1 aromatic carbocycles. The van der Waals surface area contributed by atoms with Crippen LogP contribution in [0.1, 0.15) is 24.6 Å². The molecule has 106 valence electrons. The molecule has 0 aliphatic heterocycles. The summed E-state index contributed by atoms with van der Waals surface area (Å²) in [5.74, 6) is 1.35. The largest absolute Gasteiger partial charge is 0.497 e. The first-order valence-electron chi connectivity index (χ1n) is 6.68. The summed E-state index contributed by atoms with van der Waals surface area (Å²) in [4.78, 5) is 11.8. The van der Waals surface area contributed by atoms with E-state index in [0.717, 1.165) is 23.4 Å². The summed E-state index contributed by atoms with van der Waals surface area (Å²) in [5, 5.41) is 9.68. The molecule has 5 nitrogen and oxygen atoms in total. The number of hydrogen-bond donors (Lipinski definition) is 2. The molecule has 0 saturated heterocycles. The molecule has 1 aromatic heterocycles. The topological polar surface area (TPSA) is 67.0 Å². The van der Waals surface area contributed by atoms with Crippen LogP contribution in [-0.4, -0.2) is 23.2 Å². The highest BCUT2D eigenvalue weighted by Gasteiger charge is 2.06. The molecule has 0 fully saturated rings. The molecule has 0 bridgehead atoms. The highest BCUT2D eigenvalue weighted by molar-refractivity contribution is 5.89. The Morgan fingerprint density at radius 1 is 1.40 bits per heavy atom. The predicted molar refractivity (Wildman–Crippen MR) is 77.9 cm³/mol. The molecular formula is C15H19N3O2. The molecule has 2 rings (SSSR count). The lowest BCUT2D eigenvalue weighted by Gasteiger charge is -2.04. The van der Waals surface area contributed by atoms with Gasteiger partial charge in [-0.2, -0.15) is 5.10 Å². The summed E-state index contributed by atoms with van der Waals surface area (Å²) in [6.07, 6.45) is 1.96. The summed E-state index contributed by atoms with van der Waals surface area (Å²) in [6.45, 7) is 2.03. The Morgan fingerprint density at radius 3 is 2.95 bits per heavy atom. The van der Waals surface area contributed by atoms with Gasteiger partial charge >= 0.3 is 0 Å². The fraction of sp³-hybridized carbons (Fsp3) is 0.333. The number of carbonyl (C=O) groups is 1. The van der Waals surface area contributed by atoms with Crippen molar-refractivity contribution in [2.24, 2.45) is 0 Å². The van der Waals surface area contributed by atoms with E-state index in [1.54, 1.807) is 7.11 Å². The fourth-order valence-corrected chi connectivity index (χ4v) is 1.90. The Morgan fingerprint density at radius 2 is 2.25 bits per heavy atom. The monoisotopic (exact) mass is 273 g/mol. The van der Waals surface area contributed by atoms with Gasteiger partial charge in [0, 0.05) is 18.2 Å². The summed E-state index contributed by atoms with van der Waals surface area (Å²) in [7, 11) is 1.63. The van der Waals surface area contributed by atoms with Crippen molar-refractivity contribution in [2.75, 3.05) is 12.4 Å². The van der Waals surface area contributed by atoms with E-state index in [4.69, 9.17) is 4.74 Å². The van der Waals surface area contributed by atoms with E-state index in [1.165, 1.54) is 0 Å². The van der Waals surface area contributed by atoms with Gasteiger partial charge in [-0.3, -0.25) is 9.89 Å². The molecule has 2 aromatic rings. The van der Waals surface area contributed by atoms with E-state index in [9.17, 15) is 4.79 Å². The smallest absolute Gasteiger partial charge is 0.225 e. The first kappa shape index (κ1) is 14.1. The van der Waals surface area contributed by atoms with Gasteiger partial charge in [0.1, 0.15) is 5.75 Å². The number of aromatic nitrogens is 2. The van der Waals surface area contributed by atoms with Crippen LogP contribution in [0.15, 0.2) is 30.3 Å². The number of aryl methyl sites for hydroxylation is 2. The number of anilines is 1. The number of hydrogen-bond acceptors (Lipinski definition) is 3. The lowest BCUT2D eigenvalue weighted by molar-refractivity contribution is -0.116. The van der Waals surface area contributed by atoms with Crippen LogP contribution < -0.4 is 10.1 Å². The number of H-pyrrole nitrogens is 1. The van der Waals surface area contributed by atoms with E-state index in [-0.39, 0.29) is 5.91 Å². The summed E-state index contributed by atoms with van der Waals surface area (Å²) in [5.41, 5.74) is 2.09. The van der Waals surface area contributed by atoms with E-state index in [2.05, 4.69) is 15.5 Å². The van der Waals surface area contributed by atoms with Crippen molar-refractivity contribution >= 4 is 11.7 Å². The third-order valence-corrected chi connectivity index (χ3v) is 3.05. The number of benzene rings is 1.